The zero-order chi connectivity index (χ0) is 16.8. The molecule has 8 nitrogen and oxygen atoms in total. The van der Waals surface area contributed by atoms with Crippen molar-refractivity contribution < 1.29 is 14.3 Å². The van der Waals surface area contributed by atoms with Gasteiger partial charge in [-0.05, 0) is 26.3 Å². The number of nitrogens with zero attached hydrogens (tertiary/aromatic N) is 4. The highest BCUT2D eigenvalue weighted by molar-refractivity contribution is 7.99. The van der Waals surface area contributed by atoms with Gasteiger partial charge in [-0.1, -0.05) is 11.8 Å². The van der Waals surface area contributed by atoms with Gasteiger partial charge in [0.2, 0.25) is 5.91 Å². The van der Waals surface area contributed by atoms with Gasteiger partial charge < -0.3 is 10.1 Å². The minimum atomic E-state index is -0.276. The molecule has 0 atom stereocenters. The molecule has 0 spiro atoms. The first-order valence-corrected chi connectivity index (χ1v) is 8.15. The van der Waals surface area contributed by atoms with Gasteiger partial charge in [0.15, 0.2) is 5.16 Å². The Bertz CT molecular complexity index is 716. The monoisotopic (exact) mass is 337 g/mol. The number of aryl methyl sites for hydroxylation is 2. The molecule has 0 aromatic carbocycles. The third-order valence-corrected chi connectivity index (χ3v) is 4.03. The molecule has 0 aliphatic heterocycles. The number of aromatic nitrogens is 4. The average molecular weight is 337 g/mol. The Morgan fingerprint density at radius 2 is 2.13 bits per heavy atom. The second-order valence-electron chi connectivity index (χ2n) is 4.98. The van der Waals surface area contributed by atoms with Crippen LogP contribution in [0.1, 0.15) is 24.2 Å². The number of amides is 1. The lowest BCUT2D eigenvalue weighted by molar-refractivity contribution is -0.140. The molecule has 2 aromatic rings. The number of esters is 1. The minimum Gasteiger partial charge on any atom is -0.469 e. The lowest BCUT2D eigenvalue weighted by Gasteiger charge is -2.05. The summed E-state index contributed by atoms with van der Waals surface area (Å²) in [6, 6.07) is 1.94. The quantitative estimate of drug-likeness (QED) is 0.455. The standard InChI is InChI=1S/C14H19N5O3S/c1-9-7-10(2)19-13(16-9)17-18-14(19)23-8-11(20)15-6-4-5-12(21)22-3/h7H,4-6,8H2,1-3H3,(H,15,20). The largest absolute Gasteiger partial charge is 0.469 e. The first-order chi connectivity index (χ1) is 11.0. The Balaban J connectivity index is 1.84. The fraction of sp³-hybridized carbons (Fsp3) is 0.500. The van der Waals surface area contributed by atoms with E-state index in [1.807, 2.05) is 24.3 Å². The van der Waals surface area contributed by atoms with Crippen LogP contribution in [0.4, 0.5) is 0 Å². The maximum atomic E-state index is 11.8. The molecule has 23 heavy (non-hydrogen) atoms. The second-order valence-corrected chi connectivity index (χ2v) is 5.92. The summed E-state index contributed by atoms with van der Waals surface area (Å²) in [5.74, 6) is 0.367. The molecule has 2 heterocycles. The molecule has 9 heteroatoms. The third-order valence-electron chi connectivity index (χ3n) is 3.10. The fourth-order valence-electron chi connectivity index (χ4n) is 2.04. The van der Waals surface area contributed by atoms with Crippen molar-refractivity contribution in [3.05, 3.63) is 17.5 Å². The lowest BCUT2D eigenvalue weighted by atomic mass is 10.3. The van der Waals surface area contributed by atoms with Gasteiger partial charge in [0.25, 0.3) is 5.78 Å². The van der Waals surface area contributed by atoms with Gasteiger partial charge in [0.05, 0.1) is 12.9 Å². The average Bonchev–Trinajstić information content (AvgIpc) is 2.92. The van der Waals surface area contributed by atoms with Gasteiger partial charge in [-0.15, -0.1) is 10.2 Å². The molecule has 0 fully saturated rings. The van der Waals surface area contributed by atoms with Crippen LogP contribution >= 0.6 is 11.8 Å². The first-order valence-electron chi connectivity index (χ1n) is 7.17. The number of rotatable bonds is 7. The molecule has 0 radical (unpaired) electrons. The van der Waals surface area contributed by atoms with Crippen molar-refractivity contribution in [2.75, 3.05) is 19.4 Å². The maximum Gasteiger partial charge on any atom is 0.305 e. The van der Waals surface area contributed by atoms with Crippen molar-refractivity contribution in [3.63, 3.8) is 0 Å². The van der Waals surface area contributed by atoms with Crippen LogP contribution in [0.25, 0.3) is 5.78 Å². The number of ether oxygens (including phenoxy) is 1. The van der Waals surface area contributed by atoms with Crippen LogP contribution in [-0.4, -0.2) is 50.9 Å². The van der Waals surface area contributed by atoms with E-state index in [1.165, 1.54) is 18.9 Å². The minimum absolute atomic E-state index is 0.116. The highest BCUT2D eigenvalue weighted by Gasteiger charge is 2.12. The molecule has 1 amide bonds. The summed E-state index contributed by atoms with van der Waals surface area (Å²) < 4.78 is 6.36. The van der Waals surface area contributed by atoms with E-state index in [4.69, 9.17) is 0 Å². The summed E-state index contributed by atoms with van der Waals surface area (Å²) in [6.07, 6.45) is 0.849. The molecular weight excluding hydrogens is 318 g/mol. The summed E-state index contributed by atoms with van der Waals surface area (Å²) in [4.78, 5) is 27.1. The van der Waals surface area contributed by atoms with Gasteiger partial charge in [-0.2, -0.15) is 0 Å². The predicted molar refractivity (Wildman–Crippen MR) is 85.2 cm³/mol. The Kier molecular flexibility index (Phi) is 5.91. The highest BCUT2D eigenvalue weighted by atomic mass is 32.2. The summed E-state index contributed by atoms with van der Waals surface area (Å²) in [6.45, 7) is 4.28. The van der Waals surface area contributed by atoms with E-state index in [0.29, 0.717) is 30.3 Å². The smallest absolute Gasteiger partial charge is 0.305 e. The van der Waals surface area contributed by atoms with Crippen LogP contribution in [0.15, 0.2) is 11.2 Å². The van der Waals surface area contributed by atoms with Gasteiger partial charge >= 0.3 is 5.97 Å². The molecule has 0 aliphatic rings. The molecule has 0 saturated heterocycles. The topological polar surface area (TPSA) is 98.5 Å². The van der Waals surface area contributed by atoms with Crippen LogP contribution in [0, 0.1) is 13.8 Å². The van der Waals surface area contributed by atoms with E-state index >= 15 is 0 Å². The summed E-state index contributed by atoms with van der Waals surface area (Å²) in [7, 11) is 1.35. The summed E-state index contributed by atoms with van der Waals surface area (Å²) >= 11 is 1.30. The van der Waals surface area contributed by atoms with E-state index in [2.05, 4.69) is 25.2 Å². The zero-order valence-electron chi connectivity index (χ0n) is 13.3. The molecule has 124 valence electrons. The molecule has 1 N–H and O–H groups in total. The number of thioether (sulfide) groups is 1. The number of hydrogen-bond donors (Lipinski definition) is 1. The molecular formula is C14H19N5O3S. The molecule has 0 unspecified atom stereocenters. The number of carbonyl (C=O) groups is 2. The normalized spacial score (nSPS) is 10.7. The van der Waals surface area contributed by atoms with Crippen LogP contribution < -0.4 is 5.32 Å². The number of carbonyl (C=O) groups excluding carboxylic acids is 2. The molecule has 0 aliphatic carbocycles. The van der Waals surface area contributed by atoms with Crippen molar-refractivity contribution in [1.82, 2.24) is 24.9 Å². The lowest BCUT2D eigenvalue weighted by Crippen LogP contribution is -2.26. The Morgan fingerprint density at radius 1 is 1.35 bits per heavy atom. The fourth-order valence-corrected chi connectivity index (χ4v) is 2.85. The van der Waals surface area contributed by atoms with E-state index in [1.54, 1.807) is 0 Å². The van der Waals surface area contributed by atoms with Crippen LogP contribution in [0.5, 0.6) is 0 Å². The van der Waals surface area contributed by atoms with Crippen molar-refractivity contribution in [1.29, 1.82) is 0 Å². The molecule has 2 aromatic heterocycles. The van der Waals surface area contributed by atoms with Gasteiger partial charge in [0.1, 0.15) is 0 Å². The number of hydrogen-bond acceptors (Lipinski definition) is 7. The Hall–Kier alpha value is -2.16. The third kappa shape index (κ3) is 4.65. The summed E-state index contributed by atoms with van der Waals surface area (Å²) in [5.41, 5.74) is 1.85. The van der Waals surface area contributed by atoms with Crippen LogP contribution in [0.2, 0.25) is 0 Å². The van der Waals surface area contributed by atoms with E-state index in [9.17, 15) is 9.59 Å². The predicted octanol–water partition coefficient (Wildman–Crippen LogP) is 0.903. The van der Waals surface area contributed by atoms with Crippen molar-refractivity contribution >= 4 is 29.4 Å². The highest BCUT2D eigenvalue weighted by Crippen LogP contribution is 2.18. The molecule has 0 bridgehead atoms. The summed E-state index contributed by atoms with van der Waals surface area (Å²) in [5, 5.41) is 11.5. The van der Waals surface area contributed by atoms with Gasteiger partial charge in [0, 0.05) is 24.4 Å². The maximum absolute atomic E-state index is 11.8. The Morgan fingerprint density at radius 3 is 2.87 bits per heavy atom. The first kappa shape index (κ1) is 17.2. The van der Waals surface area contributed by atoms with Crippen molar-refractivity contribution in [2.45, 2.75) is 31.8 Å². The van der Waals surface area contributed by atoms with Gasteiger partial charge in [-0.3, -0.25) is 14.0 Å². The van der Waals surface area contributed by atoms with E-state index < -0.39 is 0 Å². The Labute approximate surface area is 138 Å². The number of methoxy groups -OCH3 is 1. The van der Waals surface area contributed by atoms with E-state index in [-0.39, 0.29) is 17.6 Å². The molecule has 0 saturated carbocycles. The zero-order valence-corrected chi connectivity index (χ0v) is 14.1. The number of fused-ring (bicyclic) bond motifs is 1. The van der Waals surface area contributed by atoms with Crippen molar-refractivity contribution in [2.24, 2.45) is 0 Å². The van der Waals surface area contributed by atoms with Crippen molar-refractivity contribution in [3.8, 4) is 0 Å². The van der Waals surface area contributed by atoms with Crippen LogP contribution in [-0.2, 0) is 14.3 Å². The van der Waals surface area contributed by atoms with E-state index in [0.717, 1.165) is 11.4 Å². The van der Waals surface area contributed by atoms with Gasteiger partial charge in [-0.25, -0.2) is 4.98 Å². The molecule has 2 rings (SSSR count). The number of nitrogens with one attached hydrogen (secondary N) is 1. The second kappa shape index (κ2) is 7.91. The SMILES string of the molecule is COC(=O)CCCNC(=O)CSc1nnc2nc(C)cc(C)n12. The van der Waals surface area contributed by atoms with Crippen LogP contribution in [0.3, 0.4) is 0 Å².